The van der Waals surface area contributed by atoms with E-state index in [-0.39, 0.29) is 11.5 Å². The van der Waals surface area contributed by atoms with Crippen LogP contribution >= 0.6 is 0 Å². The minimum atomic E-state index is -0.164. The van der Waals surface area contributed by atoms with Crippen LogP contribution < -0.4 is 9.47 Å². The molecule has 0 saturated heterocycles. The number of phenols is 1. The molecular weight excluding hydrogens is 340 g/mol. The van der Waals surface area contributed by atoms with E-state index in [1.54, 1.807) is 32.4 Å². The molecule has 3 aromatic carbocycles. The van der Waals surface area contributed by atoms with Gasteiger partial charge in [-0.2, -0.15) is 0 Å². The van der Waals surface area contributed by atoms with E-state index in [1.165, 1.54) is 18.2 Å². The predicted octanol–water partition coefficient (Wildman–Crippen LogP) is 4.97. The molecule has 1 N–H and O–H groups in total. The first kappa shape index (κ1) is 18.3. The van der Waals surface area contributed by atoms with Gasteiger partial charge in [0, 0.05) is 16.7 Å². The zero-order chi connectivity index (χ0) is 19.2. The number of benzene rings is 3. The molecule has 0 spiro atoms. The second-order valence-electron chi connectivity index (χ2n) is 5.88. The number of methoxy groups -OCH3 is 2. The van der Waals surface area contributed by atoms with E-state index >= 15 is 0 Å². The molecule has 0 unspecified atom stereocenters. The van der Waals surface area contributed by atoms with E-state index in [0.29, 0.717) is 17.1 Å². The van der Waals surface area contributed by atoms with Crippen molar-refractivity contribution >= 4 is 11.9 Å². The van der Waals surface area contributed by atoms with Crippen molar-refractivity contribution in [3.05, 3.63) is 83.9 Å². The third-order valence-electron chi connectivity index (χ3n) is 4.20. The summed E-state index contributed by atoms with van der Waals surface area (Å²) in [5, 5.41) is 9.33. The maximum atomic E-state index is 12.3. The third kappa shape index (κ3) is 4.01. The minimum absolute atomic E-state index is 0.124. The Morgan fingerprint density at radius 2 is 1.52 bits per heavy atom. The molecule has 0 aliphatic carbocycles. The lowest BCUT2D eigenvalue weighted by Crippen LogP contribution is -1.97. The number of hydrogen-bond donors (Lipinski definition) is 1. The number of ether oxygens (including phenoxy) is 2. The maximum Gasteiger partial charge on any atom is 0.185 e. The van der Waals surface area contributed by atoms with Gasteiger partial charge in [0.25, 0.3) is 0 Å². The monoisotopic (exact) mass is 360 g/mol. The van der Waals surface area contributed by atoms with Gasteiger partial charge in [-0.15, -0.1) is 0 Å². The highest BCUT2D eigenvalue weighted by Crippen LogP contribution is 2.41. The first-order valence-electron chi connectivity index (χ1n) is 8.46. The molecule has 0 fully saturated rings. The smallest absolute Gasteiger partial charge is 0.185 e. The van der Waals surface area contributed by atoms with Gasteiger partial charge >= 0.3 is 0 Å². The van der Waals surface area contributed by atoms with Crippen molar-refractivity contribution in [2.24, 2.45) is 0 Å². The van der Waals surface area contributed by atoms with Gasteiger partial charge in [0.05, 0.1) is 14.2 Å². The highest BCUT2D eigenvalue weighted by Gasteiger charge is 2.15. The lowest BCUT2D eigenvalue weighted by molar-refractivity contribution is 0.104. The molecule has 0 amide bonds. The fourth-order valence-electron chi connectivity index (χ4n) is 2.85. The second kappa shape index (κ2) is 8.23. The van der Waals surface area contributed by atoms with Crippen LogP contribution in [0, 0.1) is 0 Å². The number of phenolic OH excluding ortho intramolecular Hbond substituents is 1. The predicted molar refractivity (Wildman–Crippen MR) is 106 cm³/mol. The Labute approximate surface area is 158 Å². The van der Waals surface area contributed by atoms with Crippen molar-refractivity contribution in [1.82, 2.24) is 0 Å². The normalized spacial score (nSPS) is 10.7. The zero-order valence-electron chi connectivity index (χ0n) is 15.2. The summed E-state index contributed by atoms with van der Waals surface area (Å²) in [6.07, 6.45) is 3.18. The Hall–Kier alpha value is -3.53. The Bertz CT molecular complexity index is 958. The van der Waals surface area contributed by atoms with E-state index in [1.807, 2.05) is 42.5 Å². The number of carbonyl (C=O) groups is 1. The molecule has 0 heterocycles. The van der Waals surface area contributed by atoms with Crippen LogP contribution in [0.3, 0.4) is 0 Å². The molecule has 27 heavy (non-hydrogen) atoms. The average molecular weight is 360 g/mol. The first-order valence-corrected chi connectivity index (χ1v) is 8.46. The molecule has 136 valence electrons. The van der Waals surface area contributed by atoms with E-state index in [2.05, 4.69) is 0 Å². The molecule has 0 aromatic heterocycles. The van der Waals surface area contributed by atoms with E-state index in [9.17, 15) is 9.90 Å². The summed E-state index contributed by atoms with van der Waals surface area (Å²) >= 11 is 0. The van der Waals surface area contributed by atoms with Crippen molar-refractivity contribution in [2.75, 3.05) is 14.2 Å². The summed E-state index contributed by atoms with van der Waals surface area (Å²) < 4.78 is 11.2. The van der Waals surface area contributed by atoms with Crippen LogP contribution in [0.5, 0.6) is 17.2 Å². The van der Waals surface area contributed by atoms with Gasteiger partial charge in [0.15, 0.2) is 17.3 Å². The highest BCUT2D eigenvalue weighted by molar-refractivity contribution is 6.07. The number of allylic oxidation sites excluding steroid dienone is 1. The SMILES string of the molecule is COc1c(C=CC(=O)c2ccc(O)cc2)ccc(-c2ccccc2)c1OC. The molecule has 4 nitrogen and oxygen atoms in total. The zero-order valence-corrected chi connectivity index (χ0v) is 15.2. The molecule has 0 saturated carbocycles. The van der Waals surface area contributed by atoms with Crippen LogP contribution in [0.2, 0.25) is 0 Å². The van der Waals surface area contributed by atoms with E-state index in [4.69, 9.17) is 9.47 Å². The maximum absolute atomic E-state index is 12.3. The van der Waals surface area contributed by atoms with Gasteiger partial charge in [-0.3, -0.25) is 4.79 Å². The summed E-state index contributed by atoms with van der Waals surface area (Å²) in [4.78, 5) is 12.3. The van der Waals surface area contributed by atoms with Crippen LogP contribution in [0.4, 0.5) is 0 Å². The lowest BCUT2D eigenvalue weighted by Gasteiger charge is -2.15. The van der Waals surface area contributed by atoms with Gasteiger partial charge in [-0.05, 0) is 48.0 Å². The third-order valence-corrected chi connectivity index (χ3v) is 4.20. The van der Waals surface area contributed by atoms with Crippen molar-refractivity contribution in [1.29, 1.82) is 0 Å². The Balaban J connectivity index is 1.96. The number of hydrogen-bond acceptors (Lipinski definition) is 4. The number of carbonyl (C=O) groups excluding carboxylic acids is 1. The fourth-order valence-corrected chi connectivity index (χ4v) is 2.85. The van der Waals surface area contributed by atoms with E-state index in [0.717, 1.165) is 16.7 Å². The molecule has 0 aliphatic rings. The van der Waals surface area contributed by atoms with Crippen molar-refractivity contribution in [3.63, 3.8) is 0 Å². The fraction of sp³-hybridized carbons (Fsp3) is 0.0870. The quantitative estimate of drug-likeness (QED) is 0.498. The van der Waals surface area contributed by atoms with Gasteiger partial charge in [0.1, 0.15) is 5.75 Å². The van der Waals surface area contributed by atoms with Gasteiger partial charge in [-0.25, -0.2) is 0 Å². The number of aromatic hydroxyl groups is 1. The molecular formula is C23H20O4. The highest BCUT2D eigenvalue weighted by atomic mass is 16.5. The Morgan fingerprint density at radius 1 is 0.852 bits per heavy atom. The molecule has 3 rings (SSSR count). The van der Waals surface area contributed by atoms with Crippen LogP contribution in [-0.4, -0.2) is 25.1 Å². The summed E-state index contributed by atoms with van der Waals surface area (Å²) in [6.45, 7) is 0. The summed E-state index contributed by atoms with van der Waals surface area (Å²) in [5.41, 5.74) is 3.16. The molecule has 0 aliphatic heterocycles. The largest absolute Gasteiger partial charge is 0.508 e. The topological polar surface area (TPSA) is 55.8 Å². The van der Waals surface area contributed by atoms with Crippen molar-refractivity contribution in [2.45, 2.75) is 0 Å². The Kier molecular flexibility index (Phi) is 5.57. The molecule has 4 heteroatoms. The van der Waals surface area contributed by atoms with Crippen LogP contribution in [0.25, 0.3) is 17.2 Å². The number of ketones is 1. The van der Waals surface area contributed by atoms with Crippen LogP contribution in [0.1, 0.15) is 15.9 Å². The first-order chi connectivity index (χ1) is 13.1. The summed E-state index contributed by atoms with van der Waals surface area (Å²) in [6, 6.07) is 19.9. The van der Waals surface area contributed by atoms with E-state index < -0.39 is 0 Å². The molecule has 0 bridgehead atoms. The molecule has 0 atom stereocenters. The van der Waals surface area contributed by atoms with Gasteiger partial charge < -0.3 is 14.6 Å². The minimum Gasteiger partial charge on any atom is -0.508 e. The van der Waals surface area contributed by atoms with Crippen LogP contribution in [-0.2, 0) is 0 Å². The standard InChI is InChI=1S/C23H20O4/c1-26-22-18(11-15-21(25)17-8-12-19(24)13-9-17)10-14-20(23(22)27-2)16-6-4-3-5-7-16/h3-15,24H,1-2H3. The average Bonchev–Trinajstić information content (AvgIpc) is 2.72. The second-order valence-corrected chi connectivity index (χ2v) is 5.88. The van der Waals surface area contributed by atoms with Crippen molar-refractivity contribution in [3.8, 4) is 28.4 Å². The van der Waals surface area contributed by atoms with Gasteiger partial charge in [0.2, 0.25) is 0 Å². The van der Waals surface area contributed by atoms with Gasteiger partial charge in [-0.1, -0.05) is 36.4 Å². The Morgan fingerprint density at radius 3 is 2.15 bits per heavy atom. The van der Waals surface area contributed by atoms with Crippen molar-refractivity contribution < 1.29 is 19.4 Å². The molecule has 0 radical (unpaired) electrons. The summed E-state index contributed by atoms with van der Waals surface area (Å²) in [7, 11) is 3.17. The van der Waals surface area contributed by atoms with Crippen LogP contribution in [0.15, 0.2) is 72.8 Å². The lowest BCUT2D eigenvalue weighted by atomic mass is 10.0. The number of rotatable bonds is 6. The summed E-state index contributed by atoms with van der Waals surface area (Å²) in [5.74, 6) is 1.14. The molecule has 3 aromatic rings.